The lowest BCUT2D eigenvalue weighted by molar-refractivity contribution is -0.188. The molecule has 0 aliphatic carbocycles. The standard InChI is InChI=1S/C39H73NO4.BrH/c1-3-5-7-9-11-13-15-17-19-21-23-25-27-29-31-33-37(41)43-39(35-36-40)44-38(42)34-32-30-28-26-24-22-20-18-16-14-12-10-8-6-4-2;/h17-20,39H,3-16,21-36,40H2,1-2H3;1H/b19-17-,20-18-;. The lowest BCUT2D eigenvalue weighted by Crippen LogP contribution is -2.27. The van der Waals surface area contributed by atoms with Crippen LogP contribution in [0.4, 0.5) is 0 Å². The van der Waals surface area contributed by atoms with Gasteiger partial charge in [0.05, 0.1) is 0 Å². The molecule has 0 aromatic carbocycles. The molecule has 0 heterocycles. The van der Waals surface area contributed by atoms with Crippen molar-refractivity contribution in [3.8, 4) is 0 Å². The molecule has 266 valence electrons. The Bertz CT molecular complexity index is 628. The number of esters is 2. The first-order valence-electron chi connectivity index (χ1n) is 19.0. The Labute approximate surface area is 290 Å². The zero-order valence-electron chi connectivity index (χ0n) is 29.7. The highest BCUT2D eigenvalue weighted by Crippen LogP contribution is 2.14. The van der Waals surface area contributed by atoms with Gasteiger partial charge in [-0.2, -0.15) is 0 Å². The maximum atomic E-state index is 12.3. The van der Waals surface area contributed by atoms with Crippen LogP contribution in [-0.4, -0.2) is 24.8 Å². The number of hydrogen-bond donors (Lipinski definition) is 1. The predicted molar refractivity (Wildman–Crippen MR) is 199 cm³/mol. The Kier molecular flexibility index (Phi) is 39.9. The van der Waals surface area contributed by atoms with Crippen LogP contribution in [0, 0.1) is 0 Å². The van der Waals surface area contributed by atoms with Crippen LogP contribution in [0.25, 0.3) is 0 Å². The number of carbonyl (C=O) groups excluding carboxylic acids is 2. The smallest absolute Gasteiger partial charge is 0.308 e. The molecule has 0 aliphatic rings. The third-order valence-corrected chi connectivity index (χ3v) is 8.21. The van der Waals surface area contributed by atoms with Gasteiger partial charge in [0.2, 0.25) is 6.29 Å². The quantitative estimate of drug-likeness (QED) is 0.0313. The Morgan fingerprint density at radius 1 is 0.489 bits per heavy atom. The van der Waals surface area contributed by atoms with Crippen molar-refractivity contribution < 1.29 is 19.1 Å². The largest absolute Gasteiger partial charge is 0.425 e. The molecule has 0 aliphatic heterocycles. The summed E-state index contributed by atoms with van der Waals surface area (Å²) in [5, 5.41) is 0. The summed E-state index contributed by atoms with van der Waals surface area (Å²) >= 11 is 0. The van der Waals surface area contributed by atoms with Crippen LogP contribution in [0.3, 0.4) is 0 Å². The van der Waals surface area contributed by atoms with Crippen LogP contribution in [-0.2, 0) is 19.1 Å². The summed E-state index contributed by atoms with van der Waals surface area (Å²) in [6.07, 6.45) is 41.3. The molecule has 0 aromatic heterocycles. The molecule has 0 saturated carbocycles. The van der Waals surface area contributed by atoms with Gasteiger partial charge >= 0.3 is 11.9 Å². The first kappa shape index (κ1) is 46.0. The second-order valence-corrected chi connectivity index (χ2v) is 12.7. The van der Waals surface area contributed by atoms with Crippen LogP contribution in [0.1, 0.15) is 200 Å². The van der Waals surface area contributed by atoms with Gasteiger partial charge in [-0.1, -0.05) is 141 Å². The third-order valence-electron chi connectivity index (χ3n) is 8.21. The van der Waals surface area contributed by atoms with Gasteiger partial charge in [-0.15, -0.1) is 17.0 Å². The summed E-state index contributed by atoms with van der Waals surface area (Å²) in [7, 11) is 0. The lowest BCUT2D eigenvalue weighted by Gasteiger charge is -2.17. The fourth-order valence-corrected chi connectivity index (χ4v) is 5.37. The van der Waals surface area contributed by atoms with Gasteiger partial charge in [-0.3, -0.25) is 9.59 Å². The Morgan fingerprint density at radius 2 is 0.778 bits per heavy atom. The molecule has 0 unspecified atom stereocenters. The zero-order chi connectivity index (χ0) is 32.2. The van der Waals surface area contributed by atoms with E-state index in [-0.39, 0.29) is 28.9 Å². The van der Waals surface area contributed by atoms with E-state index in [4.69, 9.17) is 15.2 Å². The summed E-state index contributed by atoms with van der Waals surface area (Å²) in [6, 6.07) is 0. The molecule has 0 spiro atoms. The van der Waals surface area contributed by atoms with E-state index in [0.29, 0.717) is 25.8 Å². The maximum absolute atomic E-state index is 12.3. The van der Waals surface area contributed by atoms with Crippen molar-refractivity contribution in [2.75, 3.05) is 6.54 Å². The van der Waals surface area contributed by atoms with Crippen molar-refractivity contribution in [2.45, 2.75) is 206 Å². The van der Waals surface area contributed by atoms with Crippen molar-refractivity contribution in [3.05, 3.63) is 24.3 Å². The van der Waals surface area contributed by atoms with Gasteiger partial charge in [-0.25, -0.2) is 0 Å². The van der Waals surface area contributed by atoms with E-state index in [9.17, 15) is 9.59 Å². The first-order valence-corrected chi connectivity index (χ1v) is 19.0. The van der Waals surface area contributed by atoms with Gasteiger partial charge in [0.15, 0.2) is 0 Å². The van der Waals surface area contributed by atoms with Crippen LogP contribution < -0.4 is 5.73 Å². The molecular weight excluding hydrogens is 626 g/mol. The molecule has 2 N–H and O–H groups in total. The molecular formula is C39H74BrNO4. The highest BCUT2D eigenvalue weighted by atomic mass is 79.9. The molecule has 0 amide bonds. The number of halogens is 1. The topological polar surface area (TPSA) is 78.6 Å². The van der Waals surface area contributed by atoms with Gasteiger partial charge in [0.25, 0.3) is 0 Å². The average Bonchev–Trinajstić information content (AvgIpc) is 3.01. The minimum atomic E-state index is -0.855. The van der Waals surface area contributed by atoms with Crippen LogP contribution >= 0.6 is 17.0 Å². The van der Waals surface area contributed by atoms with E-state index in [1.54, 1.807) is 0 Å². The van der Waals surface area contributed by atoms with E-state index in [0.717, 1.165) is 51.4 Å². The van der Waals surface area contributed by atoms with Crippen molar-refractivity contribution in [2.24, 2.45) is 5.73 Å². The number of nitrogens with two attached hydrogens (primary N) is 1. The molecule has 0 fully saturated rings. The van der Waals surface area contributed by atoms with Crippen LogP contribution in [0.2, 0.25) is 0 Å². The normalized spacial score (nSPS) is 11.5. The number of unbranched alkanes of at least 4 members (excludes halogenated alkanes) is 22. The summed E-state index contributed by atoms with van der Waals surface area (Å²) in [5.74, 6) is -0.593. The van der Waals surface area contributed by atoms with Crippen molar-refractivity contribution in [1.82, 2.24) is 0 Å². The number of allylic oxidation sites excluding steroid dienone is 4. The summed E-state index contributed by atoms with van der Waals surface area (Å²) in [5.41, 5.74) is 5.66. The van der Waals surface area contributed by atoms with E-state index in [1.807, 2.05) is 0 Å². The fraction of sp³-hybridized carbons (Fsp3) is 0.846. The number of hydrogen-bond acceptors (Lipinski definition) is 5. The molecule has 45 heavy (non-hydrogen) atoms. The maximum Gasteiger partial charge on any atom is 0.308 e. The molecule has 0 rings (SSSR count). The third kappa shape index (κ3) is 37.2. The molecule has 6 heteroatoms. The van der Waals surface area contributed by atoms with E-state index >= 15 is 0 Å². The van der Waals surface area contributed by atoms with Gasteiger partial charge in [0.1, 0.15) is 0 Å². The van der Waals surface area contributed by atoms with E-state index < -0.39 is 6.29 Å². The van der Waals surface area contributed by atoms with Crippen LogP contribution in [0.5, 0.6) is 0 Å². The highest BCUT2D eigenvalue weighted by Gasteiger charge is 2.18. The molecule has 0 bridgehead atoms. The molecule has 0 aromatic rings. The minimum absolute atomic E-state index is 0. The van der Waals surface area contributed by atoms with Crippen molar-refractivity contribution >= 4 is 28.9 Å². The van der Waals surface area contributed by atoms with Gasteiger partial charge < -0.3 is 15.2 Å². The Morgan fingerprint density at radius 3 is 1.09 bits per heavy atom. The van der Waals surface area contributed by atoms with Gasteiger partial charge in [0, 0.05) is 19.3 Å². The zero-order valence-corrected chi connectivity index (χ0v) is 31.4. The van der Waals surface area contributed by atoms with E-state index in [1.165, 1.54) is 116 Å². The second kappa shape index (κ2) is 39.0. The fourth-order valence-electron chi connectivity index (χ4n) is 5.37. The van der Waals surface area contributed by atoms with Crippen molar-refractivity contribution in [1.29, 1.82) is 0 Å². The Hall–Kier alpha value is -1.14. The monoisotopic (exact) mass is 699 g/mol. The summed E-state index contributed by atoms with van der Waals surface area (Å²) in [4.78, 5) is 24.6. The van der Waals surface area contributed by atoms with Crippen LogP contribution in [0.15, 0.2) is 24.3 Å². The van der Waals surface area contributed by atoms with Gasteiger partial charge in [-0.05, 0) is 70.8 Å². The first-order chi connectivity index (χ1) is 21.6. The second-order valence-electron chi connectivity index (χ2n) is 12.7. The highest BCUT2D eigenvalue weighted by molar-refractivity contribution is 8.93. The molecule has 5 nitrogen and oxygen atoms in total. The van der Waals surface area contributed by atoms with E-state index in [2.05, 4.69) is 38.2 Å². The average molecular weight is 701 g/mol. The van der Waals surface area contributed by atoms with Crippen molar-refractivity contribution in [3.63, 3.8) is 0 Å². The number of ether oxygens (including phenoxy) is 2. The SMILES string of the molecule is Br.CCCCCCCC/C=C\CCCCCCCC(=O)OC(CCN)OC(=O)CCCCCCC/C=C\CCCCCCCC. The molecule has 0 radical (unpaired) electrons. The molecule has 0 saturated heterocycles. The number of rotatable bonds is 34. The minimum Gasteiger partial charge on any atom is -0.425 e. The molecule has 0 atom stereocenters. The predicted octanol–water partition coefficient (Wildman–Crippen LogP) is 12.4. The Balaban J connectivity index is 0. The summed E-state index contributed by atoms with van der Waals surface area (Å²) in [6.45, 7) is 4.84. The number of carbonyl (C=O) groups is 2. The lowest BCUT2D eigenvalue weighted by atomic mass is 10.1. The summed E-state index contributed by atoms with van der Waals surface area (Å²) < 4.78 is 10.9.